The molecule has 0 heterocycles. The Bertz CT molecular complexity index is 429. The van der Waals surface area contributed by atoms with E-state index in [2.05, 4.69) is 24.1 Å². The summed E-state index contributed by atoms with van der Waals surface area (Å²) in [5, 5.41) is 2.92. The molecular formula is C16H27N3O. The van der Waals surface area contributed by atoms with Gasteiger partial charge >= 0.3 is 0 Å². The highest BCUT2D eigenvalue weighted by Gasteiger charge is 2.13. The number of amides is 1. The molecule has 0 saturated carbocycles. The Labute approximate surface area is 122 Å². The lowest BCUT2D eigenvalue weighted by molar-refractivity contribution is -0.122. The minimum atomic E-state index is 0.103. The van der Waals surface area contributed by atoms with Crippen LogP contribution < -0.4 is 11.1 Å². The van der Waals surface area contributed by atoms with Crippen LogP contribution in [0.4, 0.5) is 5.69 Å². The summed E-state index contributed by atoms with van der Waals surface area (Å²) in [7, 11) is 0. The van der Waals surface area contributed by atoms with Gasteiger partial charge in [0.1, 0.15) is 0 Å². The van der Waals surface area contributed by atoms with E-state index in [0.29, 0.717) is 12.5 Å². The van der Waals surface area contributed by atoms with Gasteiger partial charge in [-0.15, -0.1) is 0 Å². The van der Waals surface area contributed by atoms with Gasteiger partial charge in [0.2, 0.25) is 5.91 Å². The number of carbonyl (C=O) groups excluding carboxylic acids is 1. The van der Waals surface area contributed by atoms with Gasteiger partial charge in [-0.2, -0.15) is 0 Å². The van der Waals surface area contributed by atoms with Gasteiger partial charge in [0, 0.05) is 37.3 Å². The van der Waals surface area contributed by atoms with Gasteiger partial charge in [-0.25, -0.2) is 0 Å². The van der Waals surface area contributed by atoms with Crippen LogP contribution in [0.5, 0.6) is 0 Å². The minimum Gasteiger partial charge on any atom is -0.398 e. The third kappa shape index (κ3) is 5.61. The lowest BCUT2D eigenvalue weighted by Gasteiger charge is -2.27. The number of nitrogens with two attached hydrogens (primary N) is 1. The highest BCUT2D eigenvalue weighted by Crippen LogP contribution is 2.15. The third-order valence-corrected chi connectivity index (χ3v) is 3.23. The van der Waals surface area contributed by atoms with E-state index in [1.165, 1.54) is 0 Å². The maximum absolute atomic E-state index is 11.7. The van der Waals surface area contributed by atoms with E-state index in [9.17, 15) is 4.79 Å². The molecule has 0 spiro atoms. The molecule has 0 radical (unpaired) electrons. The molecule has 0 aliphatic heterocycles. The first kappa shape index (κ1) is 16.5. The van der Waals surface area contributed by atoms with Crippen LogP contribution in [-0.2, 0) is 11.3 Å². The summed E-state index contributed by atoms with van der Waals surface area (Å²) in [6, 6.07) is 8.46. The van der Waals surface area contributed by atoms with Gasteiger partial charge in [0.05, 0.1) is 0 Å². The molecule has 0 atom stereocenters. The molecule has 20 heavy (non-hydrogen) atoms. The fraction of sp³-hybridized carbons (Fsp3) is 0.562. The summed E-state index contributed by atoms with van der Waals surface area (Å²) >= 11 is 0. The zero-order valence-electron chi connectivity index (χ0n) is 13.0. The SMILES string of the molecule is CC(C)NC(=O)CCN(Cc1ccccc1N)C(C)C. The van der Waals surface area contributed by atoms with Crippen molar-refractivity contribution < 1.29 is 4.79 Å². The van der Waals surface area contributed by atoms with Crippen molar-refractivity contribution in [2.75, 3.05) is 12.3 Å². The van der Waals surface area contributed by atoms with Crippen molar-refractivity contribution in [3.63, 3.8) is 0 Å². The molecule has 4 nitrogen and oxygen atoms in total. The van der Waals surface area contributed by atoms with Crippen molar-refractivity contribution in [2.45, 2.75) is 52.7 Å². The number of nitrogens with one attached hydrogen (secondary N) is 1. The number of hydrogen-bond donors (Lipinski definition) is 2. The van der Waals surface area contributed by atoms with E-state index in [1.54, 1.807) is 0 Å². The van der Waals surface area contributed by atoms with Gasteiger partial charge in [-0.05, 0) is 39.3 Å². The summed E-state index contributed by atoms with van der Waals surface area (Å²) in [6.07, 6.45) is 0.517. The molecule has 3 N–H and O–H groups in total. The Morgan fingerprint density at radius 3 is 2.45 bits per heavy atom. The number of nitrogens with zero attached hydrogens (tertiary/aromatic N) is 1. The second-order valence-electron chi connectivity index (χ2n) is 5.74. The van der Waals surface area contributed by atoms with E-state index in [-0.39, 0.29) is 11.9 Å². The van der Waals surface area contributed by atoms with Gasteiger partial charge < -0.3 is 11.1 Å². The molecule has 0 saturated heterocycles. The highest BCUT2D eigenvalue weighted by molar-refractivity contribution is 5.76. The lowest BCUT2D eigenvalue weighted by Crippen LogP contribution is -2.36. The molecule has 0 aromatic heterocycles. The van der Waals surface area contributed by atoms with Crippen LogP contribution in [0, 0.1) is 0 Å². The molecule has 0 fully saturated rings. The number of anilines is 1. The monoisotopic (exact) mass is 277 g/mol. The first-order chi connectivity index (χ1) is 9.40. The van der Waals surface area contributed by atoms with Gasteiger partial charge in [0.25, 0.3) is 0 Å². The van der Waals surface area contributed by atoms with Crippen molar-refractivity contribution >= 4 is 11.6 Å². The van der Waals surface area contributed by atoms with Crippen LogP contribution in [0.2, 0.25) is 0 Å². The zero-order chi connectivity index (χ0) is 15.1. The number of benzene rings is 1. The molecular weight excluding hydrogens is 250 g/mol. The molecule has 1 amide bonds. The predicted octanol–water partition coefficient (Wildman–Crippen LogP) is 2.39. The zero-order valence-corrected chi connectivity index (χ0v) is 13.0. The van der Waals surface area contributed by atoms with Gasteiger partial charge in [0.15, 0.2) is 0 Å². The number of para-hydroxylation sites is 1. The van der Waals surface area contributed by atoms with E-state index >= 15 is 0 Å². The van der Waals surface area contributed by atoms with Crippen molar-refractivity contribution in [3.05, 3.63) is 29.8 Å². The highest BCUT2D eigenvalue weighted by atomic mass is 16.1. The number of nitrogen functional groups attached to an aromatic ring is 1. The molecule has 0 bridgehead atoms. The van der Waals surface area contributed by atoms with Crippen LogP contribution in [0.15, 0.2) is 24.3 Å². The fourth-order valence-corrected chi connectivity index (χ4v) is 2.06. The molecule has 0 unspecified atom stereocenters. The predicted molar refractivity (Wildman–Crippen MR) is 84.3 cm³/mol. The summed E-state index contributed by atoms with van der Waals surface area (Å²) in [6.45, 7) is 9.74. The van der Waals surface area contributed by atoms with Crippen LogP contribution in [0.3, 0.4) is 0 Å². The smallest absolute Gasteiger partial charge is 0.221 e. The molecule has 4 heteroatoms. The maximum Gasteiger partial charge on any atom is 0.221 e. The summed E-state index contributed by atoms with van der Waals surface area (Å²) in [4.78, 5) is 14.0. The van der Waals surface area contributed by atoms with Crippen LogP contribution in [0.25, 0.3) is 0 Å². The van der Waals surface area contributed by atoms with E-state index in [1.807, 2.05) is 38.1 Å². The van der Waals surface area contributed by atoms with Crippen LogP contribution >= 0.6 is 0 Å². The summed E-state index contributed by atoms with van der Waals surface area (Å²) in [5.41, 5.74) is 7.91. The first-order valence-electron chi connectivity index (χ1n) is 7.27. The topological polar surface area (TPSA) is 58.4 Å². The Morgan fingerprint density at radius 2 is 1.90 bits per heavy atom. The lowest BCUT2D eigenvalue weighted by atomic mass is 10.1. The summed E-state index contributed by atoms with van der Waals surface area (Å²) in [5.74, 6) is 0.103. The minimum absolute atomic E-state index is 0.103. The Hall–Kier alpha value is -1.55. The molecule has 1 rings (SSSR count). The number of rotatable bonds is 7. The first-order valence-corrected chi connectivity index (χ1v) is 7.27. The van der Waals surface area contributed by atoms with Crippen molar-refractivity contribution in [2.24, 2.45) is 0 Å². The largest absolute Gasteiger partial charge is 0.398 e. The summed E-state index contributed by atoms with van der Waals surface area (Å²) < 4.78 is 0. The molecule has 112 valence electrons. The Kier molecular flexibility index (Phi) is 6.52. The molecule has 0 aliphatic carbocycles. The Morgan fingerprint density at radius 1 is 1.25 bits per heavy atom. The molecule has 1 aromatic carbocycles. The van der Waals surface area contributed by atoms with Crippen LogP contribution in [0.1, 0.15) is 39.7 Å². The van der Waals surface area contributed by atoms with E-state index < -0.39 is 0 Å². The molecule has 1 aromatic rings. The van der Waals surface area contributed by atoms with Crippen LogP contribution in [-0.4, -0.2) is 29.4 Å². The average molecular weight is 277 g/mol. The second-order valence-corrected chi connectivity index (χ2v) is 5.74. The van der Waals surface area contributed by atoms with Gasteiger partial charge in [-0.1, -0.05) is 18.2 Å². The van der Waals surface area contributed by atoms with Crippen molar-refractivity contribution in [3.8, 4) is 0 Å². The quantitative estimate of drug-likeness (QED) is 0.752. The van der Waals surface area contributed by atoms with Gasteiger partial charge in [-0.3, -0.25) is 9.69 Å². The van der Waals surface area contributed by atoms with Crippen molar-refractivity contribution in [1.29, 1.82) is 0 Å². The second kappa shape index (κ2) is 7.90. The standard InChI is InChI=1S/C16H27N3O/c1-12(2)18-16(20)9-10-19(13(3)4)11-14-7-5-6-8-15(14)17/h5-8,12-13H,9-11,17H2,1-4H3,(H,18,20). The number of carbonyl (C=O) groups is 1. The molecule has 0 aliphatic rings. The normalized spacial score (nSPS) is 11.3. The van der Waals surface area contributed by atoms with Crippen molar-refractivity contribution in [1.82, 2.24) is 10.2 Å². The third-order valence-electron chi connectivity index (χ3n) is 3.23. The average Bonchev–Trinajstić information content (AvgIpc) is 2.35. The number of hydrogen-bond acceptors (Lipinski definition) is 3. The Balaban J connectivity index is 2.57. The van der Waals surface area contributed by atoms with E-state index in [4.69, 9.17) is 5.73 Å². The van der Waals surface area contributed by atoms with E-state index in [0.717, 1.165) is 24.3 Å². The maximum atomic E-state index is 11.7. The fourth-order valence-electron chi connectivity index (χ4n) is 2.06.